The summed E-state index contributed by atoms with van der Waals surface area (Å²) in [5, 5.41) is 5.94. The van der Waals surface area contributed by atoms with Gasteiger partial charge in [0.2, 0.25) is 11.8 Å². The third-order valence-corrected chi connectivity index (χ3v) is 7.71. The van der Waals surface area contributed by atoms with E-state index in [0.29, 0.717) is 5.02 Å². The van der Waals surface area contributed by atoms with Gasteiger partial charge >= 0.3 is 11.9 Å². The lowest BCUT2D eigenvalue weighted by molar-refractivity contribution is -0.174. The Bertz CT molecular complexity index is 1320. The number of benzene rings is 2. The molecular weight excluding hydrogens is 572 g/mol. The smallest absolute Gasteiger partial charge is 0.347 e. The minimum atomic E-state index is -1.10. The van der Waals surface area contributed by atoms with Crippen LogP contribution in [0.25, 0.3) is 0 Å². The van der Waals surface area contributed by atoms with Crippen molar-refractivity contribution in [2.24, 2.45) is 11.8 Å². The summed E-state index contributed by atoms with van der Waals surface area (Å²) < 4.78 is 17.5. The number of carbonyl (C=O) groups is 4. The number of hydrogen-bond donors (Lipinski definition) is 2. The second kappa shape index (κ2) is 15.2. The quantitative estimate of drug-likeness (QED) is 0.350. The molecule has 2 aromatic carbocycles. The predicted octanol–water partition coefficient (Wildman–Crippen LogP) is 4.48. The number of ether oxygens (including phenoxy) is 3. The molecule has 230 valence electrons. The van der Waals surface area contributed by atoms with E-state index < -0.39 is 42.0 Å². The lowest BCUT2D eigenvalue weighted by Gasteiger charge is -2.26. The molecule has 43 heavy (non-hydrogen) atoms. The van der Waals surface area contributed by atoms with Gasteiger partial charge in [-0.2, -0.15) is 0 Å². The first-order chi connectivity index (χ1) is 20.6. The van der Waals surface area contributed by atoms with Crippen LogP contribution in [0.2, 0.25) is 5.02 Å². The molecule has 0 radical (unpaired) electrons. The van der Waals surface area contributed by atoms with Crippen LogP contribution >= 0.6 is 11.6 Å². The monoisotopic (exact) mass is 610 g/mol. The molecule has 2 N–H and O–H groups in total. The Balaban J connectivity index is 1.55. The van der Waals surface area contributed by atoms with Crippen molar-refractivity contribution in [3.8, 4) is 0 Å². The molecule has 0 aromatic heterocycles. The van der Waals surface area contributed by atoms with E-state index in [4.69, 9.17) is 25.8 Å². The molecular formula is C33H39ClN2O7. The number of carbonyl (C=O) groups excluding carboxylic acids is 4. The van der Waals surface area contributed by atoms with Crippen LogP contribution in [0.1, 0.15) is 57.3 Å². The second-order valence-electron chi connectivity index (χ2n) is 11.4. The van der Waals surface area contributed by atoms with Crippen LogP contribution in [0.5, 0.6) is 0 Å². The molecule has 4 rings (SSSR count). The highest BCUT2D eigenvalue weighted by molar-refractivity contribution is 6.30. The third-order valence-electron chi connectivity index (χ3n) is 7.48. The molecule has 0 aliphatic carbocycles. The molecule has 0 unspecified atom stereocenters. The number of rotatable bonds is 7. The molecule has 2 aliphatic heterocycles. The standard InChI is InChI=1S/C33H39ClN2O7/c1-20(2)17-27-33(40)42-26(21(3)30-31(43-30)23-10-5-4-6-11-23)13-8-14-28(37)36-25(19-22-9-7-12-24(34)18-22)32(39)35-16-15-29(38)41-27/h4-12,14,18,20-21,25-27,30-31H,13,15-17,19H2,1-3H3,(H,35,39)(H,36,37)/b14-8+/t21-,25+,26-,27-,30+,31+/m0/s1. The van der Waals surface area contributed by atoms with Crippen LogP contribution in [0, 0.1) is 11.8 Å². The van der Waals surface area contributed by atoms with E-state index in [1.807, 2.05) is 57.2 Å². The van der Waals surface area contributed by atoms with Gasteiger partial charge in [0.05, 0.1) is 12.5 Å². The molecule has 0 spiro atoms. The summed E-state index contributed by atoms with van der Waals surface area (Å²) >= 11 is 6.12. The highest BCUT2D eigenvalue weighted by Gasteiger charge is 2.47. The number of amides is 2. The van der Waals surface area contributed by atoms with Crippen molar-refractivity contribution < 1.29 is 33.4 Å². The first-order valence-electron chi connectivity index (χ1n) is 14.7. The van der Waals surface area contributed by atoms with Crippen LogP contribution in [0.15, 0.2) is 66.7 Å². The zero-order valence-corrected chi connectivity index (χ0v) is 25.4. The summed E-state index contributed by atoms with van der Waals surface area (Å²) in [6.07, 6.45) is 1.44. The molecule has 9 nitrogen and oxygen atoms in total. The molecule has 0 bridgehead atoms. The van der Waals surface area contributed by atoms with Gasteiger partial charge in [-0.05, 0) is 41.7 Å². The van der Waals surface area contributed by atoms with E-state index in [0.717, 1.165) is 11.1 Å². The fourth-order valence-corrected chi connectivity index (χ4v) is 5.34. The Hall–Kier alpha value is -3.69. The van der Waals surface area contributed by atoms with Crippen LogP contribution in [-0.4, -0.2) is 54.7 Å². The maximum Gasteiger partial charge on any atom is 0.347 e. The second-order valence-corrected chi connectivity index (χ2v) is 11.9. The number of cyclic esters (lactones) is 2. The van der Waals surface area contributed by atoms with Gasteiger partial charge in [0, 0.05) is 30.3 Å². The lowest BCUT2D eigenvalue weighted by atomic mass is 9.93. The SMILES string of the molecule is CC(C)C[C@@H]1OC(=O)CCNC(=O)[C@@H](Cc2cccc(Cl)c2)NC(=O)/C=C/C[C@@H]([C@H](C)[C@H]2O[C@@H]2c2ccccc2)OC1=O. The van der Waals surface area contributed by atoms with Crippen LogP contribution in [0.3, 0.4) is 0 Å². The molecule has 2 heterocycles. The number of halogens is 1. The van der Waals surface area contributed by atoms with Crippen LogP contribution < -0.4 is 10.6 Å². The van der Waals surface area contributed by atoms with Gasteiger partial charge in [0.15, 0.2) is 6.10 Å². The average Bonchev–Trinajstić information content (AvgIpc) is 3.76. The molecule has 1 saturated heterocycles. The molecule has 1 fully saturated rings. The maximum atomic E-state index is 13.3. The molecule has 6 atom stereocenters. The minimum absolute atomic E-state index is 0.0293. The Morgan fingerprint density at radius 3 is 2.47 bits per heavy atom. The van der Waals surface area contributed by atoms with E-state index in [1.54, 1.807) is 24.3 Å². The van der Waals surface area contributed by atoms with Gasteiger partial charge in [-0.1, -0.05) is 80.9 Å². The topological polar surface area (TPSA) is 123 Å². The van der Waals surface area contributed by atoms with Crippen LogP contribution in [-0.2, 0) is 39.8 Å². The van der Waals surface area contributed by atoms with E-state index in [1.165, 1.54) is 6.08 Å². The van der Waals surface area contributed by atoms with Crippen LogP contribution in [0.4, 0.5) is 0 Å². The van der Waals surface area contributed by atoms with Crippen molar-refractivity contribution in [2.75, 3.05) is 6.54 Å². The Morgan fingerprint density at radius 1 is 0.977 bits per heavy atom. The molecule has 2 aromatic rings. The zero-order chi connectivity index (χ0) is 30.9. The molecule has 10 heteroatoms. The number of hydrogen-bond acceptors (Lipinski definition) is 7. The Morgan fingerprint density at radius 2 is 1.74 bits per heavy atom. The van der Waals surface area contributed by atoms with E-state index >= 15 is 0 Å². The van der Waals surface area contributed by atoms with Gasteiger partial charge in [-0.3, -0.25) is 14.4 Å². The van der Waals surface area contributed by atoms with Crippen molar-refractivity contribution in [1.29, 1.82) is 0 Å². The summed E-state index contributed by atoms with van der Waals surface area (Å²) in [7, 11) is 0. The van der Waals surface area contributed by atoms with Crippen molar-refractivity contribution in [3.05, 3.63) is 82.9 Å². The van der Waals surface area contributed by atoms with Crippen molar-refractivity contribution in [1.82, 2.24) is 10.6 Å². The molecule has 2 amide bonds. The summed E-state index contributed by atoms with van der Waals surface area (Å²) in [6, 6.07) is 15.9. The highest BCUT2D eigenvalue weighted by Crippen LogP contribution is 2.45. The van der Waals surface area contributed by atoms with E-state index in [9.17, 15) is 19.2 Å². The van der Waals surface area contributed by atoms with Gasteiger partial charge in [-0.15, -0.1) is 0 Å². The first kappa shape index (κ1) is 32.2. The van der Waals surface area contributed by atoms with Gasteiger partial charge in [-0.25, -0.2) is 4.79 Å². The summed E-state index contributed by atoms with van der Waals surface area (Å²) in [6.45, 7) is 5.75. The highest BCUT2D eigenvalue weighted by atomic mass is 35.5. The minimum Gasteiger partial charge on any atom is -0.459 e. The summed E-state index contributed by atoms with van der Waals surface area (Å²) in [4.78, 5) is 52.0. The summed E-state index contributed by atoms with van der Waals surface area (Å²) in [5.41, 5.74) is 1.80. The Kier molecular flexibility index (Phi) is 11.4. The number of esters is 2. The fraction of sp³-hybridized carbons (Fsp3) is 0.455. The predicted molar refractivity (Wildman–Crippen MR) is 161 cm³/mol. The van der Waals surface area contributed by atoms with Gasteiger partial charge < -0.3 is 24.8 Å². The largest absolute Gasteiger partial charge is 0.459 e. The molecule has 2 aliphatic rings. The van der Waals surface area contributed by atoms with Crippen molar-refractivity contribution in [2.45, 2.75) is 76.9 Å². The third kappa shape index (κ3) is 9.66. The first-order valence-corrected chi connectivity index (χ1v) is 15.1. The fourth-order valence-electron chi connectivity index (χ4n) is 5.13. The normalized spacial score (nSPS) is 27.0. The number of nitrogens with one attached hydrogen (secondary N) is 2. The van der Waals surface area contributed by atoms with Gasteiger partial charge in [0.25, 0.3) is 0 Å². The average molecular weight is 611 g/mol. The summed E-state index contributed by atoms with van der Waals surface area (Å²) in [5.74, 6) is -2.39. The van der Waals surface area contributed by atoms with Gasteiger partial charge in [0.1, 0.15) is 18.2 Å². The Labute approximate surface area is 257 Å². The molecule has 0 saturated carbocycles. The lowest BCUT2D eigenvalue weighted by Crippen LogP contribution is -2.48. The maximum absolute atomic E-state index is 13.3. The van der Waals surface area contributed by atoms with E-state index in [-0.39, 0.29) is 56.3 Å². The van der Waals surface area contributed by atoms with Crippen molar-refractivity contribution >= 4 is 35.4 Å². The van der Waals surface area contributed by atoms with Crippen molar-refractivity contribution in [3.63, 3.8) is 0 Å². The van der Waals surface area contributed by atoms with E-state index in [2.05, 4.69) is 10.6 Å². The number of epoxide rings is 1. The zero-order valence-electron chi connectivity index (χ0n) is 24.7.